The second kappa shape index (κ2) is 9.31. The maximum atomic E-state index is 13.4. The molecule has 180 valence electrons. The van der Waals surface area contributed by atoms with Crippen LogP contribution in [0.2, 0.25) is 0 Å². The molecule has 35 heavy (non-hydrogen) atoms. The first-order valence-electron chi connectivity index (χ1n) is 11.4. The van der Waals surface area contributed by atoms with Crippen LogP contribution in [0.1, 0.15) is 29.3 Å². The number of anilines is 1. The van der Waals surface area contributed by atoms with E-state index in [1.54, 1.807) is 0 Å². The molecule has 0 atom stereocenters. The van der Waals surface area contributed by atoms with E-state index in [1.165, 1.54) is 39.9 Å². The van der Waals surface area contributed by atoms with Crippen molar-refractivity contribution in [1.82, 2.24) is 4.57 Å². The number of carbonyl (C=O) groups excluding carboxylic acids is 1. The van der Waals surface area contributed by atoms with Gasteiger partial charge in [-0.15, -0.1) is 0 Å². The van der Waals surface area contributed by atoms with Gasteiger partial charge in [-0.3, -0.25) is 9.10 Å². The lowest BCUT2D eigenvalue weighted by atomic mass is 10.0. The number of sulfonamides is 1. The van der Waals surface area contributed by atoms with Crippen molar-refractivity contribution in [2.45, 2.75) is 24.7 Å². The van der Waals surface area contributed by atoms with Crippen LogP contribution in [-0.4, -0.2) is 32.0 Å². The molecule has 3 aromatic carbocycles. The Morgan fingerprint density at radius 3 is 2.60 bits per heavy atom. The van der Waals surface area contributed by atoms with Crippen LogP contribution in [0.25, 0.3) is 10.2 Å². The van der Waals surface area contributed by atoms with Gasteiger partial charge in [0.2, 0.25) is 0 Å². The molecule has 7 nitrogen and oxygen atoms in total. The van der Waals surface area contributed by atoms with Crippen LogP contribution in [-0.2, 0) is 23.5 Å². The SMILES string of the molecule is CCOc1cccc2sc(=NC(=O)c3ccc(S(=O)(=O)N4CCCc5ccccc54)cc3)n(C)c12. The second-order valence-corrected chi connectivity index (χ2v) is 11.1. The van der Waals surface area contributed by atoms with E-state index in [0.29, 0.717) is 23.5 Å². The summed E-state index contributed by atoms with van der Waals surface area (Å²) in [5.74, 6) is 0.309. The van der Waals surface area contributed by atoms with Gasteiger partial charge in [0.05, 0.1) is 21.9 Å². The Labute approximate surface area is 208 Å². The van der Waals surface area contributed by atoms with Gasteiger partial charge in [-0.05, 0) is 67.8 Å². The zero-order chi connectivity index (χ0) is 24.6. The quantitative estimate of drug-likeness (QED) is 0.398. The van der Waals surface area contributed by atoms with E-state index in [2.05, 4.69) is 4.99 Å². The molecule has 0 aliphatic carbocycles. The molecule has 2 heterocycles. The molecule has 1 aliphatic rings. The molecule has 4 aromatic rings. The van der Waals surface area contributed by atoms with Crippen molar-refractivity contribution in [3.8, 4) is 5.75 Å². The molecule has 0 saturated heterocycles. The first kappa shape index (κ1) is 23.3. The number of rotatable bonds is 5. The predicted octanol–water partition coefficient (Wildman–Crippen LogP) is 4.52. The lowest BCUT2D eigenvalue weighted by Gasteiger charge is -2.30. The number of amides is 1. The fourth-order valence-corrected chi connectivity index (χ4v) is 6.92. The van der Waals surface area contributed by atoms with Crippen LogP contribution in [0.4, 0.5) is 5.69 Å². The highest BCUT2D eigenvalue weighted by Crippen LogP contribution is 2.32. The average Bonchev–Trinajstić information content (AvgIpc) is 3.19. The topological polar surface area (TPSA) is 81.0 Å². The van der Waals surface area contributed by atoms with E-state index < -0.39 is 15.9 Å². The highest BCUT2D eigenvalue weighted by Gasteiger charge is 2.29. The van der Waals surface area contributed by atoms with Crippen molar-refractivity contribution in [1.29, 1.82) is 0 Å². The Balaban J connectivity index is 1.45. The lowest BCUT2D eigenvalue weighted by molar-refractivity contribution is 0.0998. The Morgan fingerprint density at radius 1 is 1.06 bits per heavy atom. The molecule has 0 radical (unpaired) electrons. The van der Waals surface area contributed by atoms with Crippen molar-refractivity contribution in [3.63, 3.8) is 0 Å². The lowest BCUT2D eigenvalue weighted by Crippen LogP contribution is -2.35. The zero-order valence-corrected chi connectivity index (χ0v) is 21.1. The van der Waals surface area contributed by atoms with Crippen molar-refractivity contribution in [3.05, 3.63) is 82.7 Å². The molecule has 0 N–H and O–H groups in total. The standard InChI is InChI=1S/C26H25N3O4S2/c1-3-33-22-11-6-12-23-24(22)28(2)26(34-23)27-25(30)19-13-15-20(16-14-19)35(31,32)29-17-7-9-18-8-4-5-10-21(18)29/h4-6,8,10-16H,3,7,9,17H2,1-2H3. The van der Waals surface area contributed by atoms with Gasteiger partial charge in [0.1, 0.15) is 11.3 Å². The van der Waals surface area contributed by atoms with E-state index in [9.17, 15) is 13.2 Å². The van der Waals surface area contributed by atoms with Gasteiger partial charge in [0, 0.05) is 19.2 Å². The minimum Gasteiger partial charge on any atom is -0.492 e. The summed E-state index contributed by atoms with van der Waals surface area (Å²) in [5, 5.41) is 0. The summed E-state index contributed by atoms with van der Waals surface area (Å²) in [5.41, 5.74) is 2.95. The van der Waals surface area contributed by atoms with Gasteiger partial charge < -0.3 is 9.30 Å². The fraction of sp³-hybridized carbons (Fsp3) is 0.231. The third-order valence-corrected chi connectivity index (χ3v) is 8.96. The molecule has 1 aromatic heterocycles. The molecule has 0 saturated carbocycles. The van der Waals surface area contributed by atoms with Gasteiger partial charge in [-0.2, -0.15) is 4.99 Å². The molecule has 0 bridgehead atoms. The Hall–Kier alpha value is -3.43. The van der Waals surface area contributed by atoms with Crippen LogP contribution >= 0.6 is 11.3 Å². The van der Waals surface area contributed by atoms with E-state index in [1.807, 2.05) is 61.0 Å². The summed E-state index contributed by atoms with van der Waals surface area (Å²) in [6.07, 6.45) is 1.63. The van der Waals surface area contributed by atoms with Crippen molar-refractivity contribution >= 4 is 43.2 Å². The molecule has 0 unspecified atom stereocenters. The normalized spacial score (nSPS) is 14.2. The number of aryl methyl sites for hydroxylation is 2. The summed E-state index contributed by atoms with van der Waals surface area (Å²) in [6.45, 7) is 2.90. The van der Waals surface area contributed by atoms with Crippen molar-refractivity contribution in [2.24, 2.45) is 12.0 Å². The number of hydrogen-bond acceptors (Lipinski definition) is 5. The van der Waals surface area contributed by atoms with Gasteiger partial charge in [0.15, 0.2) is 4.80 Å². The Morgan fingerprint density at radius 2 is 1.83 bits per heavy atom. The number of aromatic nitrogens is 1. The van der Waals surface area contributed by atoms with E-state index in [0.717, 1.165) is 40.1 Å². The molecule has 5 rings (SSSR count). The maximum absolute atomic E-state index is 13.4. The third kappa shape index (κ3) is 4.26. The Bertz CT molecular complexity index is 1590. The number of fused-ring (bicyclic) bond motifs is 2. The average molecular weight is 508 g/mol. The van der Waals surface area contributed by atoms with Crippen LogP contribution < -0.4 is 13.8 Å². The monoisotopic (exact) mass is 507 g/mol. The Kier molecular flexibility index (Phi) is 6.21. The van der Waals surface area contributed by atoms with Crippen LogP contribution in [0.3, 0.4) is 0 Å². The van der Waals surface area contributed by atoms with Gasteiger partial charge >= 0.3 is 0 Å². The third-order valence-electron chi connectivity index (χ3n) is 6.04. The predicted molar refractivity (Wildman–Crippen MR) is 138 cm³/mol. The highest BCUT2D eigenvalue weighted by molar-refractivity contribution is 7.92. The van der Waals surface area contributed by atoms with Crippen molar-refractivity contribution in [2.75, 3.05) is 17.5 Å². The fourth-order valence-electron chi connectivity index (χ4n) is 4.34. The second-order valence-electron chi connectivity index (χ2n) is 8.23. The zero-order valence-electron chi connectivity index (χ0n) is 19.5. The number of para-hydroxylation sites is 2. The smallest absolute Gasteiger partial charge is 0.279 e. The number of benzene rings is 3. The molecule has 9 heteroatoms. The number of ether oxygens (including phenoxy) is 1. The molecule has 0 fully saturated rings. The summed E-state index contributed by atoms with van der Waals surface area (Å²) < 4.78 is 36.7. The highest BCUT2D eigenvalue weighted by atomic mass is 32.2. The number of carbonyl (C=O) groups is 1. The number of thiazole rings is 1. The summed E-state index contributed by atoms with van der Waals surface area (Å²) in [6, 6.07) is 19.3. The number of hydrogen-bond donors (Lipinski definition) is 0. The van der Waals surface area contributed by atoms with E-state index in [4.69, 9.17) is 4.74 Å². The molecule has 1 aliphatic heterocycles. The summed E-state index contributed by atoms with van der Waals surface area (Å²) in [7, 11) is -1.89. The van der Waals surface area contributed by atoms with E-state index in [-0.39, 0.29) is 4.90 Å². The van der Waals surface area contributed by atoms with Gasteiger partial charge in [0.25, 0.3) is 15.9 Å². The molecular weight excluding hydrogens is 482 g/mol. The minimum atomic E-state index is -3.74. The largest absolute Gasteiger partial charge is 0.492 e. The van der Waals surface area contributed by atoms with Crippen LogP contribution in [0.5, 0.6) is 5.75 Å². The van der Waals surface area contributed by atoms with Gasteiger partial charge in [-0.25, -0.2) is 8.42 Å². The number of nitrogens with zero attached hydrogens (tertiary/aromatic N) is 3. The van der Waals surface area contributed by atoms with Crippen LogP contribution in [0.15, 0.2) is 76.6 Å². The maximum Gasteiger partial charge on any atom is 0.279 e. The summed E-state index contributed by atoms with van der Waals surface area (Å²) >= 11 is 1.40. The van der Waals surface area contributed by atoms with E-state index >= 15 is 0 Å². The molecule has 0 spiro atoms. The van der Waals surface area contributed by atoms with Crippen molar-refractivity contribution < 1.29 is 17.9 Å². The molecular formula is C26H25N3O4S2. The first-order chi connectivity index (χ1) is 16.9. The van der Waals surface area contributed by atoms with Crippen LogP contribution in [0, 0.1) is 0 Å². The minimum absolute atomic E-state index is 0.152. The summed E-state index contributed by atoms with van der Waals surface area (Å²) in [4.78, 5) is 17.9. The molecule has 1 amide bonds. The van der Waals surface area contributed by atoms with Gasteiger partial charge in [-0.1, -0.05) is 35.6 Å². The first-order valence-corrected chi connectivity index (χ1v) is 13.7.